The summed E-state index contributed by atoms with van der Waals surface area (Å²) in [7, 11) is 0. The molecule has 1 aliphatic carbocycles. The van der Waals surface area contributed by atoms with Gasteiger partial charge in [0, 0.05) is 24.4 Å². The molecule has 0 saturated heterocycles. The van der Waals surface area contributed by atoms with Crippen LogP contribution in [0.5, 0.6) is 0 Å². The van der Waals surface area contributed by atoms with E-state index in [-0.39, 0.29) is 30.7 Å². The molecule has 1 fully saturated rings. The Morgan fingerprint density at radius 3 is 2.47 bits per heavy atom. The molecule has 4 nitrogen and oxygen atoms in total. The predicted molar refractivity (Wildman–Crippen MR) is 111 cm³/mol. The van der Waals surface area contributed by atoms with E-state index in [1.165, 1.54) is 24.3 Å². The van der Waals surface area contributed by atoms with Gasteiger partial charge in [0.05, 0.1) is 17.8 Å². The molecule has 0 N–H and O–H groups in total. The predicted octanol–water partition coefficient (Wildman–Crippen LogP) is 5.56. The van der Waals surface area contributed by atoms with E-state index >= 15 is 0 Å². The molecule has 32 heavy (non-hydrogen) atoms. The number of nitrogens with zero attached hydrogens (tertiary/aromatic N) is 2. The molecule has 0 unspecified atom stereocenters. The molecule has 1 atom stereocenters. The lowest BCUT2D eigenvalue weighted by atomic mass is 10.0. The van der Waals surface area contributed by atoms with E-state index in [2.05, 4.69) is 5.16 Å². The Bertz CT molecular complexity index is 982. The Morgan fingerprint density at radius 1 is 1.09 bits per heavy atom. The van der Waals surface area contributed by atoms with Crippen LogP contribution in [0.2, 0.25) is 0 Å². The average molecular weight is 448 g/mol. The van der Waals surface area contributed by atoms with Gasteiger partial charge in [0.25, 0.3) is 0 Å². The summed E-state index contributed by atoms with van der Waals surface area (Å²) in [6.07, 6.45) is -0.745. The molecule has 1 heterocycles. The lowest BCUT2D eigenvalue weighted by Gasteiger charge is -2.27. The summed E-state index contributed by atoms with van der Waals surface area (Å²) in [5.41, 5.74) is 1.14. The van der Waals surface area contributed by atoms with Gasteiger partial charge in [-0.25, -0.2) is 4.39 Å². The third-order valence-corrected chi connectivity index (χ3v) is 5.99. The molecule has 0 spiro atoms. The summed E-state index contributed by atoms with van der Waals surface area (Å²) in [5.74, 6) is -0.450. The molecule has 0 aromatic heterocycles. The zero-order chi connectivity index (χ0) is 22.7. The summed E-state index contributed by atoms with van der Waals surface area (Å²) in [6.45, 7) is 0.460. The number of carbonyl (C=O) groups is 1. The van der Waals surface area contributed by atoms with Crippen LogP contribution < -0.4 is 0 Å². The third-order valence-electron chi connectivity index (χ3n) is 5.99. The van der Waals surface area contributed by atoms with Crippen molar-refractivity contribution in [2.24, 2.45) is 11.1 Å². The van der Waals surface area contributed by atoms with Gasteiger partial charge in [0.1, 0.15) is 5.82 Å². The largest absolute Gasteiger partial charge is 0.416 e. The summed E-state index contributed by atoms with van der Waals surface area (Å²) >= 11 is 0. The molecular weight excluding hydrogens is 424 g/mol. The summed E-state index contributed by atoms with van der Waals surface area (Å²) in [6, 6.07) is 11.0. The molecule has 8 heteroatoms. The van der Waals surface area contributed by atoms with Crippen molar-refractivity contribution in [3.8, 4) is 0 Å². The molecule has 1 aliphatic heterocycles. The standard InChI is InChI=1S/C24H24F4N2O2/c25-20-7-3-6-18(12-20)22-13-21(32-29-22)15-30(23(31)17-4-1-2-5-17)14-16-8-10-19(11-9-16)24(26,27)28/h3,6-12,17,21H,1-2,4-5,13-15H2/t21-/m0/s1. The van der Waals surface area contributed by atoms with Crippen molar-refractivity contribution < 1.29 is 27.2 Å². The van der Waals surface area contributed by atoms with Crippen molar-refractivity contribution in [2.75, 3.05) is 6.54 Å². The van der Waals surface area contributed by atoms with E-state index in [1.54, 1.807) is 17.0 Å². The van der Waals surface area contributed by atoms with Gasteiger partial charge in [0.2, 0.25) is 5.91 Å². The monoisotopic (exact) mass is 448 g/mol. The first-order valence-corrected chi connectivity index (χ1v) is 10.7. The second kappa shape index (κ2) is 9.30. The van der Waals surface area contributed by atoms with Crippen LogP contribution in [-0.2, 0) is 22.4 Å². The minimum atomic E-state index is -4.40. The van der Waals surface area contributed by atoms with Crippen LogP contribution in [-0.4, -0.2) is 29.2 Å². The number of hydrogen-bond acceptors (Lipinski definition) is 3. The first-order valence-electron chi connectivity index (χ1n) is 10.7. The van der Waals surface area contributed by atoms with Crippen molar-refractivity contribution in [1.29, 1.82) is 0 Å². The number of halogens is 4. The van der Waals surface area contributed by atoms with Crippen LogP contribution in [0.1, 0.15) is 48.8 Å². The lowest BCUT2D eigenvalue weighted by Crippen LogP contribution is -2.40. The Hall–Kier alpha value is -2.90. The van der Waals surface area contributed by atoms with Gasteiger partial charge in [0.15, 0.2) is 6.10 Å². The van der Waals surface area contributed by atoms with Crippen LogP contribution in [0.15, 0.2) is 53.7 Å². The van der Waals surface area contributed by atoms with E-state index in [0.717, 1.165) is 37.8 Å². The average Bonchev–Trinajstić information content (AvgIpc) is 3.45. The summed E-state index contributed by atoms with van der Waals surface area (Å²) in [4.78, 5) is 20.4. The fourth-order valence-electron chi connectivity index (χ4n) is 4.29. The second-order valence-corrected chi connectivity index (χ2v) is 8.37. The van der Waals surface area contributed by atoms with Gasteiger partial charge < -0.3 is 9.74 Å². The SMILES string of the molecule is O=C(C1CCCC1)N(Cc1ccc(C(F)(F)F)cc1)C[C@@H]1CC(c2cccc(F)c2)=NO1. The van der Waals surface area contributed by atoms with Gasteiger partial charge >= 0.3 is 6.18 Å². The molecule has 2 aliphatic rings. The third kappa shape index (κ3) is 5.29. The van der Waals surface area contributed by atoms with Gasteiger partial charge in [-0.15, -0.1) is 0 Å². The molecule has 2 aromatic carbocycles. The fraction of sp³-hybridized carbons (Fsp3) is 0.417. The lowest BCUT2D eigenvalue weighted by molar-refractivity contribution is -0.138. The summed E-state index contributed by atoms with van der Waals surface area (Å²) < 4.78 is 52.1. The number of hydrogen-bond donors (Lipinski definition) is 0. The van der Waals surface area contributed by atoms with E-state index in [1.807, 2.05) is 0 Å². The minimum absolute atomic E-state index is 0.00907. The van der Waals surface area contributed by atoms with Crippen molar-refractivity contribution in [3.05, 3.63) is 71.0 Å². The highest BCUT2D eigenvalue weighted by Crippen LogP contribution is 2.31. The quantitative estimate of drug-likeness (QED) is 0.544. The number of rotatable bonds is 6. The van der Waals surface area contributed by atoms with Crippen molar-refractivity contribution in [1.82, 2.24) is 4.90 Å². The zero-order valence-corrected chi connectivity index (χ0v) is 17.4. The normalized spacial score (nSPS) is 19.0. The maximum Gasteiger partial charge on any atom is 0.416 e. The van der Waals surface area contributed by atoms with Crippen LogP contribution in [0, 0.1) is 11.7 Å². The topological polar surface area (TPSA) is 41.9 Å². The Balaban J connectivity index is 1.46. The van der Waals surface area contributed by atoms with Gasteiger partial charge in [-0.05, 0) is 42.7 Å². The number of benzene rings is 2. The number of carbonyl (C=O) groups excluding carboxylic acids is 1. The highest BCUT2D eigenvalue weighted by molar-refractivity contribution is 6.01. The molecule has 0 radical (unpaired) electrons. The Morgan fingerprint density at radius 2 is 1.81 bits per heavy atom. The van der Waals surface area contributed by atoms with Crippen LogP contribution in [0.4, 0.5) is 17.6 Å². The van der Waals surface area contributed by atoms with E-state index in [0.29, 0.717) is 23.3 Å². The molecule has 170 valence electrons. The first kappa shape index (κ1) is 22.3. The molecule has 2 aromatic rings. The highest BCUT2D eigenvalue weighted by Gasteiger charge is 2.33. The van der Waals surface area contributed by atoms with E-state index < -0.39 is 17.8 Å². The first-order chi connectivity index (χ1) is 15.3. The highest BCUT2D eigenvalue weighted by atomic mass is 19.4. The van der Waals surface area contributed by atoms with Gasteiger partial charge in [-0.3, -0.25) is 4.79 Å². The van der Waals surface area contributed by atoms with Crippen LogP contribution in [0.25, 0.3) is 0 Å². The van der Waals surface area contributed by atoms with Crippen molar-refractivity contribution >= 4 is 11.6 Å². The minimum Gasteiger partial charge on any atom is -0.390 e. The zero-order valence-electron chi connectivity index (χ0n) is 17.4. The molecule has 4 rings (SSSR count). The van der Waals surface area contributed by atoms with Gasteiger partial charge in [-0.1, -0.05) is 42.3 Å². The fourth-order valence-corrected chi connectivity index (χ4v) is 4.29. The van der Waals surface area contributed by atoms with E-state index in [9.17, 15) is 22.4 Å². The van der Waals surface area contributed by atoms with Crippen molar-refractivity contribution in [2.45, 2.75) is 50.9 Å². The number of amides is 1. The van der Waals surface area contributed by atoms with E-state index in [4.69, 9.17) is 4.84 Å². The molecule has 1 saturated carbocycles. The maximum absolute atomic E-state index is 13.5. The Kier molecular flexibility index (Phi) is 6.48. The number of oxime groups is 1. The maximum atomic E-state index is 13.5. The number of alkyl halides is 3. The second-order valence-electron chi connectivity index (χ2n) is 8.37. The summed E-state index contributed by atoms with van der Waals surface area (Å²) in [5, 5.41) is 4.07. The molecule has 0 bridgehead atoms. The van der Waals surface area contributed by atoms with Crippen molar-refractivity contribution in [3.63, 3.8) is 0 Å². The van der Waals surface area contributed by atoms with Crippen LogP contribution in [0.3, 0.4) is 0 Å². The van der Waals surface area contributed by atoms with Crippen LogP contribution >= 0.6 is 0 Å². The molecule has 1 amide bonds. The Labute approximate surface area is 183 Å². The van der Waals surface area contributed by atoms with Gasteiger partial charge in [-0.2, -0.15) is 13.2 Å². The smallest absolute Gasteiger partial charge is 0.390 e. The molecular formula is C24H24F4N2O2.